The van der Waals surface area contributed by atoms with Crippen molar-refractivity contribution in [2.75, 3.05) is 24.9 Å². The number of aryl methyl sites for hydroxylation is 1. The molecule has 6 rings (SSSR count). The van der Waals surface area contributed by atoms with Crippen molar-refractivity contribution in [2.24, 2.45) is 0 Å². The zero-order chi connectivity index (χ0) is 33.3. The summed E-state index contributed by atoms with van der Waals surface area (Å²) < 4.78 is 62.0. The summed E-state index contributed by atoms with van der Waals surface area (Å²) in [4.78, 5) is 13.4. The Kier molecular flexibility index (Phi) is 8.54. The number of carbonyl (C=O) groups excluding carboxylic acids is 1. The average molecular weight is 647 g/mol. The Morgan fingerprint density at radius 1 is 0.936 bits per heavy atom. The maximum atomic E-state index is 14.3. The predicted octanol–water partition coefficient (Wildman–Crippen LogP) is 7.47. The molecule has 0 bridgehead atoms. The van der Waals surface area contributed by atoms with Gasteiger partial charge in [0.15, 0.2) is 23.2 Å². The monoisotopic (exact) mass is 646 g/mol. The van der Waals surface area contributed by atoms with Gasteiger partial charge in [-0.1, -0.05) is 36.4 Å². The summed E-state index contributed by atoms with van der Waals surface area (Å²) >= 11 is 0. The first kappa shape index (κ1) is 31.5. The summed E-state index contributed by atoms with van der Waals surface area (Å²) in [5, 5.41) is 14.6. The second kappa shape index (κ2) is 12.7. The van der Waals surface area contributed by atoms with Crippen molar-refractivity contribution < 1.29 is 32.2 Å². The van der Waals surface area contributed by atoms with Crippen LogP contribution in [0.2, 0.25) is 0 Å². The smallest absolute Gasteiger partial charge is 0.410 e. The fourth-order valence-corrected chi connectivity index (χ4v) is 5.69. The lowest BCUT2D eigenvalue weighted by Gasteiger charge is -2.33. The van der Waals surface area contributed by atoms with Crippen LogP contribution >= 0.6 is 0 Å². The predicted molar refractivity (Wildman–Crippen MR) is 170 cm³/mol. The van der Waals surface area contributed by atoms with Crippen LogP contribution in [0.4, 0.5) is 24.7 Å². The number of hydrogen-bond acceptors (Lipinski definition) is 7. The van der Waals surface area contributed by atoms with Gasteiger partial charge in [-0.15, -0.1) is 0 Å². The van der Waals surface area contributed by atoms with Gasteiger partial charge in [0.25, 0.3) is 5.91 Å². The number of methoxy groups -OCH3 is 2. The zero-order valence-electron chi connectivity index (χ0n) is 26.1. The molecular weight excluding hydrogens is 613 g/mol. The van der Waals surface area contributed by atoms with Gasteiger partial charge in [-0.2, -0.15) is 23.4 Å². The minimum absolute atomic E-state index is 0.0743. The molecule has 1 aliphatic heterocycles. The molecule has 3 heterocycles. The molecule has 0 spiro atoms. The van der Waals surface area contributed by atoms with E-state index < -0.39 is 24.2 Å². The van der Waals surface area contributed by atoms with E-state index in [-0.39, 0.29) is 17.9 Å². The normalized spacial score (nSPS) is 15.8. The van der Waals surface area contributed by atoms with Gasteiger partial charge in [0.2, 0.25) is 0 Å². The van der Waals surface area contributed by atoms with Crippen LogP contribution in [0.3, 0.4) is 0 Å². The molecule has 47 heavy (non-hydrogen) atoms. The molecule has 2 atom stereocenters. The van der Waals surface area contributed by atoms with E-state index in [9.17, 15) is 18.0 Å². The van der Waals surface area contributed by atoms with E-state index in [2.05, 4.69) is 20.8 Å². The number of halogens is 3. The van der Waals surface area contributed by atoms with Gasteiger partial charge in [-0.25, -0.2) is 4.68 Å². The van der Waals surface area contributed by atoms with Crippen LogP contribution in [0.25, 0.3) is 0 Å². The highest BCUT2D eigenvalue weighted by molar-refractivity contribution is 6.04. The Hall–Kier alpha value is -5.46. The Bertz CT molecular complexity index is 1900. The third-order valence-corrected chi connectivity index (χ3v) is 8.06. The lowest BCUT2D eigenvalue weighted by atomic mass is 9.96. The Morgan fingerprint density at radius 3 is 2.40 bits per heavy atom. The first-order valence-corrected chi connectivity index (χ1v) is 14.9. The minimum atomic E-state index is -4.61. The maximum absolute atomic E-state index is 14.3. The average Bonchev–Trinajstić information content (AvgIpc) is 3.60. The number of rotatable bonds is 9. The molecule has 1 amide bonds. The number of fused-ring (bicyclic) bond motifs is 1. The number of anilines is 2. The molecule has 0 radical (unpaired) electrons. The lowest BCUT2D eigenvalue weighted by molar-refractivity contribution is -0.173. The largest absolute Gasteiger partial charge is 0.493 e. The second-order valence-corrected chi connectivity index (χ2v) is 11.2. The lowest BCUT2D eigenvalue weighted by Crippen LogP contribution is -2.35. The number of benzene rings is 3. The number of aromatic nitrogens is 4. The van der Waals surface area contributed by atoms with Gasteiger partial charge in [0.05, 0.1) is 43.9 Å². The molecule has 13 heteroatoms. The molecular formula is C34H33F3N6O4. The van der Waals surface area contributed by atoms with E-state index in [1.807, 2.05) is 61.5 Å². The van der Waals surface area contributed by atoms with Crippen LogP contribution in [0, 0.1) is 13.8 Å². The molecule has 0 aliphatic carbocycles. The molecule has 3 aromatic carbocycles. The maximum Gasteiger partial charge on any atom is 0.410 e. The number of alkyl halides is 3. The first-order chi connectivity index (χ1) is 22.5. The highest BCUT2D eigenvalue weighted by Crippen LogP contribution is 2.45. The van der Waals surface area contributed by atoms with Crippen LogP contribution in [0.5, 0.6) is 23.0 Å². The van der Waals surface area contributed by atoms with Gasteiger partial charge < -0.3 is 24.8 Å². The molecule has 244 valence electrons. The number of carbonyl (C=O) groups is 1. The van der Waals surface area contributed by atoms with E-state index in [0.717, 1.165) is 16.0 Å². The second-order valence-electron chi connectivity index (χ2n) is 11.2. The van der Waals surface area contributed by atoms with Crippen molar-refractivity contribution in [3.05, 3.63) is 107 Å². The summed E-state index contributed by atoms with van der Waals surface area (Å²) in [5.74, 6) is 1.67. The van der Waals surface area contributed by atoms with Crippen molar-refractivity contribution in [1.82, 2.24) is 19.6 Å². The topological polar surface area (TPSA) is 104 Å². The molecule has 1 aliphatic rings. The zero-order valence-corrected chi connectivity index (χ0v) is 26.1. The molecule has 2 aromatic heterocycles. The van der Waals surface area contributed by atoms with Crippen molar-refractivity contribution in [1.29, 1.82) is 0 Å². The molecule has 0 fully saturated rings. The van der Waals surface area contributed by atoms with Crippen molar-refractivity contribution in [3.8, 4) is 23.0 Å². The molecule has 0 unspecified atom stereocenters. The van der Waals surface area contributed by atoms with Crippen molar-refractivity contribution >= 4 is 17.4 Å². The van der Waals surface area contributed by atoms with Gasteiger partial charge in [0, 0.05) is 12.5 Å². The summed E-state index contributed by atoms with van der Waals surface area (Å²) in [7, 11) is 2.94. The van der Waals surface area contributed by atoms with E-state index in [4.69, 9.17) is 14.2 Å². The fourth-order valence-electron chi connectivity index (χ4n) is 5.69. The quantitative estimate of drug-likeness (QED) is 0.171. The van der Waals surface area contributed by atoms with E-state index in [1.165, 1.54) is 20.3 Å². The van der Waals surface area contributed by atoms with Gasteiger partial charge in [-0.3, -0.25) is 9.48 Å². The van der Waals surface area contributed by atoms with Crippen molar-refractivity contribution in [3.63, 3.8) is 0 Å². The molecule has 2 N–H and O–H groups in total. The number of ether oxygens (including phenoxy) is 3. The highest BCUT2D eigenvalue weighted by atomic mass is 19.4. The van der Waals surface area contributed by atoms with Crippen LogP contribution in [0.1, 0.15) is 51.5 Å². The Morgan fingerprint density at radius 2 is 1.68 bits per heavy atom. The van der Waals surface area contributed by atoms with Crippen LogP contribution in [-0.2, 0) is 6.54 Å². The third-order valence-electron chi connectivity index (χ3n) is 8.06. The molecule has 10 nitrogen and oxygen atoms in total. The fraction of sp³-hybridized carbons (Fsp3) is 0.265. The Balaban J connectivity index is 1.21. The summed E-state index contributed by atoms with van der Waals surface area (Å²) in [5.41, 5.74) is 3.03. The minimum Gasteiger partial charge on any atom is -0.493 e. The summed E-state index contributed by atoms with van der Waals surface area (Å²) in [6.07, 6.45) is -4.94. The van der Waals surface area contributed by atoms with Crippen LogP contribution < -0.4 is 24.8 Å². The van der Waals surface area contributed by atoms with Gasteiger partial charge >= 0.3 is 6.18 Å². The Labute approximate surface area is 269 Å². The number of amides is 1. The highest BCUT2D eigenvalue weighted by Gasteiger charge is 2.47. The standard InChI is InChI=1S/C34H33F3N6O4/c1-20-32(21(2)42(40-20)19-22-9-8-12-25(15-22)47-24-10-6-5-7-11-24)39-33(44)27-18-31-38-26(17-30(34(35,36)37)43(31)41-27)23-13-14-28(45-3)29(16-23)46-4/h5-16,18,26,30,38H,17,19H2,1-4H3,(H,39,44)/t26-,30+/m0/s1. The van der Waals surface area contributed by atoms with E-state index >= 15 is 0 Å². The van der Waals surface area contributed by atoms with Crippen molar-refractivity contribution in [2.45, 2.75) is 45.1 Å². The summed E-state index contributed by atoms with van der Waals surface area (Å²) in [6, 6.07) is 20.7. The van der Waals surface area contributed by atoms with Gasteiger partial charge in [0.1, 0.15) is 17.3 Å². The number of nitrogens with zero attached hydrogens (tertiary/aromatic N) is 4. The summed E-state index contributed by atoms with van der Waals surface area (Å²) in [6.45, 7) is 3.97. The van der Waals surface area contributed by atoms with Gasteiger partial charge in [-0.05, 0) is 61.4 Å². The van der Waals surface area contributed by atoms with E-state index in [0.29, 0.717) is 46.4 Å². The first-order valence-electron chi connectivity index (χ1n) is 14.9. The third kappa shape index (κ3) is 6.60. The number of para-hydroxylation sites is 1. The SMILES string of the molecule is COc1ccc([C@@H]2C[C@H](C(F)(F)F)n3nc(C(=O)Nc4c(C)nn(Cc5cccc(Oc6ccccc6)c5)c4C)cc3N2)cc1OC. The molecule has 0 saturated carbocycles. The van der Waals surface area contributed by atoms with Crippen LogP contribution in [-0.4, -0.2) is 45.9 Å². The van der Waals surface area contributed by atoms with Crippen LogP contribution in [0.15, 0.2) is 78.9 Å². The molecule has 0 saturated heterocycles. The number of hydrogen-bond donors (Lipinski definition) is 2. The number of nitrogens with one attached hydrogen (secondary N) is 2. The van der Waals surface area contributed by atoms with E-state index in [1.54, 1.807) is 29.8 Å². The molecule has 5 aromatic rings.